The zero-order valence-corrected chi connectivity index (χ0v) is 8.50. The van der Waals surface area contributed by atoms with Gasteiger partial charge < -0.3 is 15.0 Å². The van der Waals surface area contributed by atoms with E-state index in [0.717, 1.165) is 0 Å². The van der Waals surface area contributed by atoms with Gasteiger partial charge >= 0.3 is 12.1 Å². The molecule has 0 bridgehead atoms. The van der Waals surface area contributed by atoms with Crippen LogP contribution in [-0.4, -0.2) is 55.7 Å². The monoisotopic (exact) mass is 240 g/mol. The summed E-state index contributed by atoms with van der Waals surface area (Å²) in [4.78, 5) is 22.8. The molecular formula is C8H11F3N2O3. The number of alkyl halides is 3. The van der Waals surface area contributed by atoms with Gasteiger partial charge in [0.05, 0.1) is 13.2 Å². The number of carbonyl (C=O) groups is 2. The van der Waals surface area contributed by atoms with Gasteiger partial charge in [-0.15, -0.1) is 0 Å². The van der Waals surface area contributed by atoms with E-state index in [1.165, 1.54) is 7.05 Å². The van der Waals surface area contributed by atoms with Gasteiger partial charge in [0.15, 0.2) is 0 Å². The summed E-state index contributed by atoms with van der Waals surface area (Å²) in [7, 11) is 1.28. The fraction of sp³-hybridized carbons (Fsp3) is 0.750. The van der Waals surface area contributed by atoms with Crippen LogP contribution in [0.3, 0.4) is 0 Å². The maximum Gasteiger partial charge on any atom is 0.471 e. The Hall–Kier alpha value is -1.31. The van der Waals surface area contributed by atoms with Crippen molar-refractivity contribution in [2.24, 2.45) is 0 Å². The van der Waals surface area contributed by atoms with Crippen LogP contribution in [0.4, 0.5) is 13.2 Å². The van der Waals surface area contributed by atoms with E-state index in [-0.39, 0.29) is 19.8 Å². The third-order valence-corrected chi connectivity index (χ3v) is 2.18. The smallest absolute Gasteiger partial charge is 0.377 e. The lowest BCUT2D eigenvalue weighted by Gasteiger charge is -2.34. The molecule has 0 aromatic rings. The van der Waals surface area contributed by atoms with Crippen LogP contribution in [0, 0.1) is 0 Å². The maximum absolute atomic E-state index is 12.2. The second-order valence-corrected chi connectivity index (χ2v) is 3.20. The fourth-order valence-corrected chi connectivity index (χ4v) is 1.39. The molecule has 0 radical (unpaired) electrons. The minimum Gasteiger partial charge on any atom is -0.377 e. The first-order valence-corrected chi connectivity index (χ1v) is 4.55. The predicted molar refractivity (Wildman–Crippen MR) is 46.4 cm³/mol. The predicted octanol–water partition coefficient (Wildman–Crippen LogP) is -0.478. The van der Waals surface area contributed by atoms with Crippen molar-refractivity contribution in [2.75, 3.05) is 26.8 Å². The molecule has 1 N–H and O–H groups in total. The highest BCUT2D eigenvalue weighted by atomic mass is 19.4. The molecule has 0 aromatic heterocycles. The molecule has 1 unspecified atom stereocenters. The zero-order chi connectivity index (χ0) is 12.3. The summed E-state index contributed by atoms with van der Waals surface area (Å²) >= 11 is 0. The van der Waals surface area contributed by atoms with E-state index in [9.17, 15) is 22.8 Å². The van der Waals surface area contributed by atoms with Gasteiger partial charge in [-0.1, -0.05) is 0 Å². The van der Waals surface area contributed by atoms with Crippen LogP contribution in [0.5, 0.6) is 0 Å². The molecular weight excluding hydrogens is 229 g/mol. The summed E-state index contributed by atoms with van der Waals surface area (Å²) < 4.78 is 41.5. The first-order valence-electron chi connectivity index (χ1n) is 4.55. The molecule has 1 atom stereocenters. The molecule has 1 rings (SSSR count). The summed E-state index contributed by atoms with van der Waals surface area (Å²) in [5.74, 6) is -2.68. The second-order valence-electron chi connectivity index (χ2n) is 3.20. The molecule has 2 amide bonds. The molecule has 1 aliphatic rings. The summed E-state index contributed by atoms with van der Waals surface area (Å²) in [6.45, 7) is -0.465. The summed E-state index contributed by atoms with van der Waals surface area (Å²) in [5, 5.41) is 2.19. The van der Waals surface area contributed by atoms with E-state index in [4.69, 9.17) is 4.74 Å². The Labute approximate surface area is 89.5 Å². The van der Waals surface area contributed by atoms with E-state index in [2.05, 4.69) is 5.32 Å². The number of nitrogens with zero attached hydrogens (tertiary/aromatic N) is 1. The lowest BCUT2D eigenvalue weighted by Crippen LogP contribution is -2.58. The van der Waals surface area contributed by atoms with Crippen LogP contribution in [-0.2, 0) is 14.3 Å². The maximum atomic E-state index is 12.2. The number of ether oxygens (including phenoxy) is 1. The van der Waals surface area contributed by atoms with E-state index in [0.29, 0.717) is 4.90 Å². The lowest BCUT2D eigenvalue weighted by atomic mass is 10.2. The molecule has 1 aliphatic heterocycles. The summed E-state index contributed by atoms with van der Waals surface area (Å²) in [6, 6.07) is -1.21. The van der Waals surface area contributed by atoms with Crippen molar-refractivity contribution in [3.63, 3.8) is 0 Å². The van der Waals surface area contributed by atoms with Gasteiger partial charge in [0.1, 0.15) is 6.04 Å². The number of rotatable bonds is 1. The molecule has 5 nitrogen and oxygen atoms in total. The average Bonchev–Trinajstić information content (AvgIpc) is 2.25. The van der Waals surface area contributed by atoms with Crippen molar-refractivity contribution in [1.82, 2.24) is 10.2 Å². The highest BCUT2D eigenvalue weighted by Crippen LogP contribution is 2.21. The largest absolute Gasteiger partial charge is 0.471 e. The number of carbonyl (C=O) groups excluding carboxylic acids is 2. The SMILES string of the molecule is CNC(=O)C1COCCN1C(=O)C(F)(F)F. The minimum atomic E-state index is -4.97. The number of nitrogens with one attached hydrogen (secondary N) is 1. The molecule has 1 heterocycles. The van der Waals surface area contributed by atoms with Crippen LogP contribution in [0.15, 0.2) is 0 Å². The van der Waals surface area contributed by atoms with Crippen molar-refractivity contribution < 1.29 is 27.5 Å². The van der Waals surface area contributed by atoms with Crippen molar-refractivity contribution in [3.8, 4) is 0 Å². The standard InChI is InChI=1S/C8H11F3N2O3/c1-12-6(14)5-4-16-3-2-13(5)7(15)8(9,10)11/h5H,2-4H2,1H3,(H,12,14). The number of hydrogen-bond acceptors (Lipinski definition) is 3. The fourth-order valence-electron chi connectivity index (χ4n) is 1.39. The van der Waals surface area contributed by atoms with Gasteiger partial charge in [0, 0.05) is 13.6 Å². The Morgan fingerprint density at radius 1 is 1.44 bits per heavy atom. The van der Waals surface area contributed by atoms with Crippen LogP contribution in [0.2, 0.25) is 0 Å². The highest BCUT2D eigenvalue weighted by molar-refractivity contribution is 5.90. The Bertz CT molecular complexity index is 293. The Morgan fingerprint density at radius 2 is 2.06 bits per heavy atom. The number of likely N-dealkylation sites (N-methyl/N-ethyl adjacent to an activating group) is 1. The van der Waals surface area contributed by atoms with Crippen LogP contribution < -0.4 is 5.32 Å². The van der Waals surface area contributed by atoms with Crippen molar-refractivity contribution in [2.45, 2.75) is 12.2 Å². The number of halogens is 3. The van der Waals surface area contributed by atoms with Gasteiger partial charge in [-0.3, -0.25) is 9.59 Å². The van der Waals surface area contributed by atoms with E-state index < -0.39 is 24.0 Å². The van der Waals surface area contributed by atoms with Crippen LogP contribution >= 0.6 is 0 Å². The molecule has 0 saturated carbocycles. The first-order chi connectivity index (χ1) is 7.38. The average molecular weight is 240 g/mol. The number of amides is 2. The molecule has 0 aliphatic carbocycles. The summed E-state index contributed by atoms with van der Waals surface area (Å²) in [5.41, 5.74) is 0. The van der Waals surface area contributed by atoms with E-state index in [1.54, 1.807) is 0 Å². The van der Waals surface area contributed by atoms with Gasteiger partial charge in [-0.2, -0.15) is 13.2 Å². The van der Waals surface area contributed by atoms with Gasteiger partial charge in [-0.05, 0) is 0 Å². The van der Waals surface area contributed by atoms with Crippen molar-refractivity contribution in [3.05, 3.63) is 0 Å². The Balaban J connectivity index is 2.82. The van der Waals surface area contributed by atoms with Crippen LogP contribution in [0.25, 0.3) is 0 Å². The number of hydrogen-bond donors (Lipinski definition) is 1. The molecule has 16 heavy (non-hydrogen) atoms. The minimum absolute atomic E-state index is 0.00465. The van der Waals surface area contributed by atoms with Crippen LogP contribution in [0.1, 0.15) is 0 Å². The van der Waals surface area contributed by atoms with Crippen molar-refractivity contribution in [1.29, 1.82) is 0 Å². The third-order valence-electron chi connectivity index (χ3n) is 2.18. The quantitative estimate of drug-likeness (QED) is 0.673. The van der Waals surface area contributed by atoms with Gasteiger partial charge in [0.25, 0.3) is 0 Å². The van der Waals surface area contributed by atoms with Gasteiger partial charge in [0.2, 0.25) is 5.91 Å². The third kappa shape index (κ3) is 2.63. The molecule has 92 valence electrons. The van der Waals surface area contributed by atoms with Crippen molar-refractivity contribution >= 4 is 11.8 Å². The van der Waals surface area contributed by atoms with E-state index >= 15 is 0 Å². The normalized spacial score (nSPS) is 21.8. The Morgan fingerprint density at radius 3 is 2.56 bits per heavy atom. The Kier molecular flexibility index (Phi) is 3.74. The van der Waals surface area contributed by atoms with Gasteiger partial charge in [-0.25, -0.2) is 0 Å². The lowest BCUT2D eigenvalue weighted by molar-refractivity contribution is -0.193. The molecule has 0 aromatic carbocycles. The van der Waals surface area contributed by atoms with E-state index in [1.807, 2.05) is 0 Å². The topological polar surface area (TPSA) is 58.6 Å². The molecule has 1 saturated heterocycles. The molecule has 8 heteroatoms. The second kappa shape index (κ2) is 4.69. The molecule has 0 spiro atoms. The number of morpholine rings is 1. The zero-order valence-electron chi connectivity index (χ0n) is 8.50. The first kappa shape index (κ1) is 12.8. The highest BCUT2D eigenvalue weighted by Gasteiger charge is 2.46. The molecule has 1 fully saturated rings. The summed E-state index contributed by atoms with van der Waals surface area (Å²) in [6.07, 6.45) is -4.97.